The van der Waals surface area contributed by atoms with Gasteiger partial charge >= 0.3 is 0 Å². The van der Waals surface area contributed by atoms with Crippen LogP contribution >= 0.6 is 15.9 Å². The fourth-order valence-corrected chi connectivity index (χ4v) is 3.20. The molecule has 2 aliphatic heterocycles. The minimum absolute atomic E-state index is 0.120. The minimum atomic E-state index is -0.120. The van der Waals surface area contributed by atoms with E-state index in [1.54, 1.807) is 23.1 Å². The molecule has 2 aliphatic rings. The third-order valence-corrected chi connectivity index (χ3v) is 4.27. The molecule has 0 unspecified atom stereocenters. The Morgan fingerprint density at radius 2 is 1.96 bits per heavy atom. The molecule has 2 aromatic rings. The van der Waals surface area contributed by atoms with Crippen molar-refractivity contribution in [3.05, 3.63) is 92.6 Å². The quantitative estimate of drug-likeness (QED) is 0.586. The van der Waals surface area contributed by atoms with Gasteiger partial charge in [0.1, 0.15) is 11.5 Å². The monoisotopic (exact) mass is 383 g/mol. The summed E-state index contributed by atoms with van der Waals surface area (Å²) in [6.45, 7) is 0. The van der Waals surface area contributed by atoms with Crippen LogP contribution in [0.3, 0.4) is 0 Å². The van der Waals surface area contributed by atoms with Gasteiger partial charge in [0.15, 0.2) is 5.82 Å². The van der Waals surface area contributed by atoms with Crippen molar-refractivity contribution < 1.29 is 4.42 Å². The lowest BCUT2D eigenvalue weighted by molar-refractivity contribution is 0.519. The molecule has 1 aromatic heterocycles. The van der Waals surface area contributed by atoms with Crippen molar-refractivity contribution in [3.63, 3.8) is 0 Å². The Labute approximate surface area is 146 Å². The number of nitrogens with zero attached hydrogens (tertiary/aromatic N) is 2. The molecule has 0 saturated carbocycles. The van der Waals surface area contributed by atoms with Gasteiger partial charge in [-0.05, 0) is 33.6 Å². The van der Waals surface area contributed by atoms with Crippen LogP contribution in [0.2, 0.25) is 0 Å². The maximum absolute atomic E-state index is 12.6. The molecule has 6 heteroatoms. The van der Waals surface area contributed by atoms with Gasteiger partial charge in [-0.15, -0.1) is 0 Å². The Balaban J connectivity index is 1.78. The van der Waals surface area contributed by atoms with Gasteiger partial charge in [0.05, 0.1) is 23.0 Å². The highest BCUT2D eigenvalue weighted by atomic mass is 79.9. The second-order valence-corrected chi connectivity index (χ2v) is 6.41. The summed E-state index contributed by atoms with van der Waals surface area (Å²) in [5.74, 6) is 1.37. The van der Waals surface area contributed by atoms with Crippen LogP contribution in [0.4, 0.5) is 0 Å². The first-order valence-corrected chi connectivity index (χ1v) is 8.35. The van der Waals surface area contributed by atoms with E-state index in [9.17, 15) is 4.79 Å². The number of benzene rings is 1. The lowest BCUT2D eigenvalue weighted by Gasteiger charge is -2.10. The molecule has 0 amide bonds. The largest absolute Gasteiger partial charge is 0.469 e. The summed E-state index contributed by atoms with van der Waals surface area (Å²) in [4.78, 5) is 20.5. The van der Waals surface area contributed by atoms with E-state index in [1.165, 1.54) is 0 Å². The summed E-state index contributed by atoms with van der Waals surface area (Å²) < 4.78 is 7.65. The number of aromatic nitrogens is 3. The van der Waals surface area contributed by atoms with Gasteiger partial charge in [0.2, 0.25) is 0 Å². The van der Waals surface area contributed by atoms with E-state index in [4.69, 9.17) is 4.42 Å². The van der Waals surface area contributed by atoms with Crippen LogP contribution in [0.15, 0.2) is 68.7 Å². The first-order chi connectivity index (χ1) is 11.7. The molecule has 0 fully saturated rings. The van der Waals surface area contributed by atoms with Crippen LogP contribution in [0.1, 0.15) is 22.7 Å². The SMILES string of the molecule is O=c1c(Cc2ccco2)nc2c(Cc3ccccc3)[nH]c(Br)cn1-2. The van der Waals surface area contributed by atoms with E-state index in [2.05, 4.69) is 38.0 Å². The van der Waals surface area contributed by atoms with Gasteiger partial charge in [-0.1, -0.05) is 30.3 Å². The molecule has 0 atom stereocenters. The fraction of sp³-hybridized carbons (Fsp3) is 0.111. The highest BCUT2D eigenvalue weighted by molar-refractivity contribution is 9.10. The van der Waals surface area contributed by atoms with Crippen molar-refractivity contribution in [2.24, 2.45) is 0 Å². The van der Waals surface area contributed by atoms with E-state index in [-0.39, 0.29) is 5.56 Å². The zero-order valence-corrected chi connectivity index (χ0v) is 14.3. The molecule has 3 heterocycles. The van der Waals surface area contributed by atoms with Crippen molar-refractivity contribution in [2.75, 3.05) is 0 Å². The van der Waals surface area contributed by atoms with Crippen molar-refractivity contribution in [3.8, 4) is 5.82 Å². The molecule has 120 valence electrons. The molecule has 0 saturated heterocycles. The van der Waals surface area contributed by atoms with E-state index >= 15 is 0 Å². The van der Waals surface area contributed by atoms with Crippen LogP contribution in [-0.2, 0) is 12.8 Å². The summed E-state index contributed by atoms with van der Waals surface area (Å²) in [7, 11) is 0. The van der Waals surface area contributed by atoms with Crippen molar-refractivity contribution in [1.29, 1.82) is 0 Å². The number of fused-ring (bicyclic) bond motifs is 1. The minimum Gasteiger partial charge on any atom is -0.469 e. The number of hydrogen-bond donors (Lipinski definition) is 1. The Bertz CT molecular complexity index is 987. The molecule has 24 heavy (non-hydrogen) atoms. The van der Waals surface area contributed by atoms with E-state index in [1.807, 2.05) is 24.3 Å². The first-order valence-electron chi connectivity index (χ1n) is 7.55. The second-order valence-electron chi connectivity index (χ2n) is 5.56. The average molecular weight is 384 g/mol. The summed E-state index contributed by atoms with van der Waals surface area (Å²) in [5, 5.41) is 0. The van der Waals surface area contributed by atoms with Crippen molar-refractivity contribution >= 4 is 15.9 Å². The summed E-state index contributed by atoms with van der Waals surface area (Å²) >= 11 is 3.44. The van der Waals surface area contributed by atoms with Gasteiger partial charge in [-0.2, -0.15) is 0 Å². The second kappa shape index (κ2) is 6.13. The number of H-pyrrole nitrogens is 1. The van der Waals surface area contributed by atoms with Crippen molar-refractivity contribution in [1.82, 2.24) is 14.5 Å². The molecule has 4 rings (SSSR count). The molecule has 0 bridgehead atoms. The maximum Gasteiger partial charge on any atom is 0.278 e. The Kier molecular flexibility index (Phi) is 3.82. The summed E-state index contributed by atoms with van der Waals surface area (Å²) in [6.07, 6.45) is 4.36. The number of imidazole rings is 1. The Morgan fingerprint density at radius 1 is 1.12 bits per heavy atom. The van der Waals surface area contributed by atoms with Gasteiger partial charge in [-0.3, -0.25) is 9.36 Å². The molecule has 0 spiro atoms. The highest BCUT2D eigenvalue weighted by Gasteiger charge is 2.20. The number of nitrogens with one attached hydrogen (secondary N) is 1. The summed E-state index contributed by atoms with van der Waals surface area (Å²) in [5.41, 5.74) is 2.39. The van der Waals surface area contributed by atoms with Crippen LogP contribution < -0.4 is 5.56 Å². The predicted molar refractivity (Wildman–Crippen MR) is 93.8 cm³/mol. The highest BCUT2D eigenvalue weighted by Crippen LogP contribution is 2.20. The first kappa shape index (κ1) is 15.0. The van der Waals surface area contributed by atoms with Gasteiger partial charge in [0.25, 0.3) is 5.56 Å². The molecule has 0 aliphatic carbocycles. The van der Waals surface area contributed by atoms with Gasteiger partial charge < -0.3 is 9.40 Å². The molecule has 1 N–H and O–H groups in total. The van der Waals surface area contributed by atoms with Gasteiger partial charge in [-0.25, -0.2) is 4.98 Å². The molecular weight excluding hydrogens is 370 g/mol. The van der Waals surface area contributed by atoms with Gasteiger partial charge in [0, 0.05) is 12.6 Å². The van der Waals surface area contributed by atoms with Crippen LogP contribution in [-0.4, -0.2) is 14.5 Å². The third-order valence-electron chi connectivity index (χ3n) is 3.86. The number of aromatic amines is 1. The van der Waals surface area contributed by atoms with E-state index in [0.717, 1.165) is 21.6 Å². The number of furan rings is 1. The third kappa shape index (κ3) is 2.80. The lowest BCUT2D eigenvalue weighted by atomic mass is 10.1. The predicted octanol–water partition coefficient (Wildman–Crippen LogP) is 3.54. The molecular formula is C18H14BrN3O2. The van der Waals surface area contributed by atoms with Crippen LogP contribution in [0, 0.1) is 0 Å². The van der Waals surface area contributed by atoms with E-state index in [0.29, 0.717) is 24.4 Å². The normalized spacial score (nSPS) is 11.2. The molecule has 1 aromatic carbocycles. The standard InChI is InChI=1S/C18H14BrN3O2/c19-16-11-22-17(14(20-16)9-12-5-2-1-3-6-12)21-15(18(22)23)10-13-7-4-8-24-13/h1-8,11,20H,9-10H2. The Morgan fingerprint density at radius 3 is 2.71 bits per heavy atom. The zero-order chi connectivity index (χ0) is 16.5. The summed E-state index contributed by atoms with van der Waals surface area (Å²) in [6, 6.07) is 13.7. The fourth-order valence-electron chi connectivity index (χ4n) is 2.76. The molecule has 5 nitrogen and oxygen atoms in total. The average Bonchev–Trinajstić information content (AvgIpc) is 3.19. The number of hydrogen-bond acceptors (Lipinski definition) is 3. The number of rotatable bonds is 4. The van der Waals surface area contributed by atoms with Crippen LogP contribution in [0.5, 0.6) is 0 Å². The molecule has 0 radical (unpaired) electrons. The zero-order valence-electron chi connectivity index (χ0n) is 12.7. The topological polar surface area (TPSA) is 63.8 Å². The van der Waals surface area contributed by atoms with E-state index < -0.39 is 0 Å². The maximum atomic E-state index is 12.6. The van der Waals surface area contributed by atoms with Crippen LogP contribution in [0.25, 0.3) is 5.82 Å². The van der Waals surface area contributed by atoms with Crippen molar-refractivity contribution in [2.45, 2.75) is 12.8 Å². The Hall–Kier alpha value is -2.60. The lowest BCUT2D eigenvalue weighted by Crippen LogP contribution is -2.17. The smallest absolute Gasteiger partial charge is 0.278 e. The number of halogens is 1.